The summed E-state index contributed by atoms with van der Waals surface area (Å²) in [6.45, 7) is 4.97. The van der Waals surface area contributed by atoms with Crippen LogP contribution in [0.5, 0.6) is 0 Å². The fourth-order valence-electron chi connectivity index (χ4n) is 1.89. The maximum absolute atomic E-state index is 5.52. The standard InChI is InChI=1S/C13H21NO/c1-10-6-7-12(11(2)9-10)13(15-3)5-4-8-14/h6-7,9,13H,4-5,8,14H2,1-3H3. The molecule has 0 radical (unpaired) electrons. The number of rotatable bonds is 5. The zero-order chi connectivity index (χ0) is 11.3. The van der Waals surface area contributed by atoms with E-state index in [0.717, 1.165) is 19.4 Å². The minimum atomic E-state index is 0.189. The van der Waals surface area contributed by atoms with Crippen molar-refractivity contribution in [3.05, 3.63) is 34.9 Å². The topological polar surface area (TPSA) is 35.2 Å². The van der Waals surface area contributed by atoms with E-state index in [9.17, 15) is 0 Å². The molecule has 1 rings (SSSR count). The van der Waals surface area contributed by atoms with Crippen molar-refractivity contribution in [1.29, 1.82) is 0 Å². The minimum absolute atomic E-state index is 0.189. The Labute approximate surface area is 92.4 Å². The lowest BCUT2D eigenvalue weighted by molar-refractivity contribution is 0.0938. The van der Waals surface area contributed by atoms with Crippen LogP contribution < -0.4 is 5.73 Å². The summed E-state index contributed by atoms with van der Waals surface area (Å²) >= 11 is 0. The molecule has 0 heterocycles. The molecule has 15 heavy (non-hydrogen) atoms. The zero-order valence-corrected chi connectivity index (χ0v) is 9.92. The maximum Gasteiger partial charge on any atom is 0.0824 e. The van der Waals surface area contributed by atoms with Crippen molar-refractivity contribution in [2.45, 2.75) is 32.8 Å². The second-order valence-corrected chi connectivity index (χ2v) is 4.02. The fraction of sp³-hybridized carbons (Fsp3) is 0.538. The third kappa shape index (κ3) is 3.33. The van der Waals surface area contributed by atoms with E-state index in [2.05, 4.69) is 32.0 Å². The second kappa shape index (κ2) is 5.89. The molecule has 1 unspecified atom stereocenters. The molecular weight excluding hydrogens is 186 g/mol. The smallest absolute Gasteiger partial charge is 0.0824 e. The van der Waals surface area contributed by atoms with Crippen molar-refractivity contribution in [3.8, 4) is 0 Å². The molecular formula is C13H21NO. The van der Waals surface area contributed by atoms with Gasteiger partial charge in [0.2, 0.25) is 0 Å². The molecule has 2 nitrogen and oxygen atoms in total. The van der Waals surface area contributed by atoms with Gasteiger partial charge in [0, 0.05) is 7.11 Å². The molecule has 0 spiro atoms. The summed E-state index contributed by atoms with van der Waals surface area (Å²) in [7, 11) is 1.76. The van der Waals surface area contributed by atoms with Gasteiger partial charge in [0.1, 0.15) is 0 Å². The summed E-state index contributed by atoms with van der Waals surface area (Å²) in [5.41, 5.74) is 9.41. The SMILES string of the molecule is COC(CCCN)c1ccc(C)cc1C. The highest BCUT2D eigenvalue weighted by atomic mass is 16.5. The Morgan fingerprint density at radius 3 is 2.60 bits per heavy atom. The Balaban J connectivity index is 2.81. The summed E-state index contributed by atoms with van der Waals surface area (Å²) in [4.78, 5) is 0. The lowest BCUT2D eigenvalue weighted by atomic mass is 9.98. The molecule has 2 N–H and O–H groups in total. The Bertz CT molecular complexity index is 309. The van der Waals surface area contributed by atoms with Gasteiger partial charge >= 0.3 is 0 Å². The Kier molecular flexibility index (Phi) is 4.79. The van der Waals surface area contributed by atoms with Crippen LogP contribution in [0.2, 0.25) is 0 Å². The van der Waals surface area contributed by atoms with E-state index >= 15 is 0 Å². The summed E-state index contributed by atoms with van der Waals surface area (Å²) in [5, 5.41) is 0. The number of methoxy groups -OCH3 is 1. The molecule has 0 bridgehead atoms. The molecule has 0 saturated carbocycles. The molecule has 1 aromatic rings. The zero-order valence-electron chi connectivity index (χ0n) is 9.92. The number of benzene rings is 1. The van der Waals surface area contributed by atoms with Crippen molar-refractivity contribution >= 4 is 0 Å². The predicted molar refractivity (Wildman–Crippen MR) is 64.0 cm³/mol. The van der Waals surface area contributed by atoms with Crippen molar-refractivity contribution < 1.29 is 4.74 Å². The first kappa shape index (κ1) is 12.2. The molecule has 0 saturated heterocycles. The van der Waals surface area contributed by atoms with Crippen molar-refractivity contribution in [1.82, 2.24) is 0 Å². The van der Waals surface area contributed by atoms with Crippen LogP contribution >= 0.6 is 0 Å². The molecule has 0 aliphatic rings. The first-order valence-electron chi connectivity index (χ1n) is 5.49. The van der Waals surface area contributed by atoms with Crippen molar-refractivity contribution in [2.75, 3.05) is 13.7 Å². The summed E-state index contributed by atoms with van der Waals surface area (Å²) in [5.74, 6) is 0. The number of hydrogen-bond donors (Lipinski definition) is 1. The van der Waals surface area contributed by atoms with Crippen LogP contribution in [0, 0.1) is 13.8 Å². The largest absolute Gasteiger partial charge is 0.377 e. The summed E-state index contributed by atoms with van der Waals surface area (Å²) < 4.78 is 5.50. The molecule has 0 aromatic heterocycles. The van der Waals surface area contributed by atoms with E-state index in [1.54, 1.807) is 7.11 Å². The van der Waals surface area contributed by atoms with Crippen LogP contribution in [0.25, 0.3) is 0 Å². The van der Waals surface area contributed by atoms with Gasteiger partial charge in [0.15, 0.2) is 0 Å². The van der Waals surface area contributed by atoms with E-state index in [0.29, 0.717) is 0 Å². The Morgan fingerprint density at radius 1 is 1.33 bits per heavy atom. The molecule has 1 atom stereocenters. The van der Waals surface area contributed by atoms with Crippen molar-refractivity contribution in [3.63, 3.8) is 0 Å². The van der Waals surface area contributed by atoms with Crippen LogP contribution in [0.15, 0.2) is 18.2 Å². The third-order valence-electron chi connectivity index (χ3n) is 2.73. The predicted octanol–water partition coefficient (Wildman–Crippen LogP) is 2.73. The number of aryl methyl sites for hydroxylation is 2. The van der Waals surface area contributed by atoms with Gasteiger partial charge in [-0.1, -0.05) is 23.8 Å². The molecule has 0 amide bonds. The van der Waals surface area contributed by atoms with Gasteiger partial charge < -0.3 is 10.5 Å². The van der Waals surface area contributed by atoms with E-state index in [1.807, 2.05) is 0 Å². The second-order valence-electron chi connectivity index (χ2n) is 4.02. The van der Waals surface area contributed by atoms with E-state index in [1.165, 1.54) is 16.7 Å². The highest BCUT2D eigenvalue weighted by Gasteiger charge is 2.11. The van der Waals surface area contributed by atoms with Gasteiger partial charge in [0.05, 0.1) is 6.10 Å². The normalized spacial score (nSPS) is 12.8. The van der Waals surface area contributed by atoms with Crippen LogP contribution in [0.4, 0.5) is 0 Å². The lowest BCUT2D eigenvalue weighted by Gasteiger charge is -2.18. The minimum Gasteiger partial charge on any atom is -0.377 e. The van der Waals surface area contributed by atoms with Crippen LogP contribution in [0.3, 0.4) is 0 Å². The van der Waals surface area contributed by atoms with Crippen LogP contribution in [-0.2, 0) is 4.74 Å². The number of ether oxygens (including phenoxy) is 1. The molecule has 0 fully saturated rings. The van der Waals surface area contributed by atoms with E-state index in [4.69, 9.17) is 10.5 Å². The highest BCUT2D eigenvalue weighted by Crippen LogP contribution is 2.25. The van der Waals surface area contributed by atoms with Crippen molar-refractivity contribution in [2.24, 2.45) is 5.73 Å². The molecule has 1 aromatic carbocycles. The average molecular weight is 207 g/mol. The van der Waals surface area contributed by atoms with Gasteiger partial charge in [-0.15, -0.1) is 0 Å². The van der Waals surface area contributed by atoms with Gasteiger partial charge in [-0.2, -0.15) is 0 Å². The van der Waals surface area contributed by atoms with Gasteiger partial charge in [-0.3, -0.25) is 0 Å². The van der Waals surface area contributed by atoms with Gasteiger partial charge in [-0.25, -0.2) is 0 Å². The fourth-order valence-corrected chi connectivity index (χ4v) is 1.89. The highest BCUT2D eigenvalue weighted by molar-refractivity contribution is 5.32. The maximum atomic E-state index is 5.52. The number of nitrogens with two attached hydrogens (primary N) is 1. The van der Waals surface area contributed by atoms with Crippen LogP contribution in [0.1, 0.15) is 35.6 Å². The molecule has 0 aliphatic carbocycles. The van der Waals surface area contributed by atoms with E-state index in [-0.39, 0.29) is 6.10 Å². The van der Waals surface area contributed by atoms with Crippen LogP contribution in [-0.4, -0.2) is 13.7 Å². The third-order valence-corrected chi connectivity index (χ3v) is 2.73. The summed E-state index contributed by atoms with van der Waals surface area (Å²) in [6, 6.07) is 6.50. The summed E-state index contributed by atoms with van der Waals surface area (Å²) in [6.07, 6.45) is 2.19. The quantitative estimate of drug-likeness (QED) is 0.805. The molecule has 2 heteroatoms. The Morgan fingerprint density at radius 2 is 2.07 bits per heavy atom. The van der Waals surface area contributed by atoms with E-state index < -0.39 is 0 Å². The molecule has 84 valence electrons. The molecule has 0 aliphatic heterocycles. The first-order chi connectivity index (χ1) is 7.19. The number of hydrogen-bond acceptors (Lipinski definition) is 2. The Hall–Kier alpha value is -0.860. The van der Waals surface area contributed by atoms with Gasteiger partial charge in [-0.05, 0) is 44.4 Å². The lowest BCUT2D eigenvalue weighted by Crippen LogP contribution is -2.07. The van der Waals surface area contributed by atoms with Gasteiger partial charge in [0.25, 0.3) is 0 Å². The average Bonchev–Trinajstić information content (AvgIpc) is 2.21. The first-order valence-corrected chi connectivity index (χ1v) is 5.49. The monoisotopic (exact) mass is 207 g/mol.